The van der Waals surface area contributed by atoms with Gasteiger partial charge in [0.15, 0.2) is 6.61 Å². The molecule has 0 aliphatic carbocycles. The Balaban J connectivity index is 1.59. The average Bonchev–Trinajstić information content (AvgIpc) is 3.18. The third kappa shape index (κ3) is 5.02. The summed E-state index contributed by atoms with van der Waals surface area (Å²) in [6, 6.07) is 8.13. The molecule has 0 spiro atoms. The van der Waals surface area contributed by atoms with Crippen molar-refractivity contribution < 1.29 is 27.5 Å². The van der Waals surface area contributed by atoms with E-state index in [2.05, 4.69) is 9.71 Å². The van der Waals surface area contributed by atoms with Gasteiger partial charge in [-0.05, 0) is 38.5 Å². The first kappa shape index (κ1) is 22.7. The SMILES string of the molecule is COCCCn1c(C)cc(C(=O)COC(=O)CN=C2NS(=O)(=O)c3ccccc32)c1C. The van der Waals surface area contributed by atoms with Crippen LogP contribution < -0.4 is 4.72 Å². The van der Waals surface area contributed by atoms with Crippen LogP contribution >= 0.6 is 0 Å². The molecule has 0 radical (unpaired) electrons. The lowest BCUT2D eigenvalue weighted by Crippen LogP contribution is -2.24. The number of nitrogens with one attached hydrogen (secondary N) is 1. The molecule has 166 valence electrons. The number of fused-ring (bicyclic) bond motifs is 1. The molecule has 2 aromatic rings. The number of sulfonamides is 1. The van der Waals surface area contributed by atoms with Crippen LogP contribution in [0, 0.1) is 13.8 Å². The monoisotopic (exact) mass is 447 g/mol. The number of aromatic nitrogens is 1. The highest BCUT2D eigenvalue weighted by atomic mass is 32.2. The molecule has 0 saturated carbocycles. The number of ether oxygens (including phenoxy) is 2. The van der Waals surface area contributed by atoms with E-state index in [0.717, 1.165) is 24.4 Å². The second-order valence-corrected chi connectivity index (χ2v) is 8.78. The van der Waals surface area contributed by atoms with Gasteiger partial charge in [0.25, 0.3) is 10.0 Å². The number of ketones is 1. The summed E-state index contributed by atoms with van der Waals surface area (Å²) in [5.74, 6) is -0.948. The average molecular weight is 448 g/mol. The van der Waals surface area contributed by atoms with E-state index in [1.165, 1.54) is 6.07 Å². The molecular weight excluding hydrogens is 422 g/mol. The number of Topliss-reactive ketones (excluding diaryl/α,β-unsaturated/α-hetero) is 1. The Morgan fingerprint density at radius 3 is 2.68 bits per heavy atom. The normalized spacial score (nSPS) is 15.5. The van der Waals surface area contributed by atoms with Gasteiger partial charge in [-0.2, -0.15) is 0 Å². The van der Waals surface area contributed by atoms with Gasteiger partial charge in [-0.1, -0.05) is 12.1 Å². The number of amidine groups is 1. The van der Waals surface area contributed by atoms with E-state index in [1.54, 1.807) is 31.4 Å². The van der Waals surface area contributed by atoms with E-state index in [-0.39, 0.29) is 16.5 Å². The van der Waals surface area contributed by atoms with E-state index in [9.17, 15) is 18.0 Å². The Morgan fingerprint density at radius 1 is 1.19 bits per heavy atom. The van der Waals surface area contributed by atoms with Gasteiger partial charge in [0.2, 0.25) is 5.78 Å². The van der Waals surface area contributed by atoms with Gasteiger partial charge in [0.05, 0.1) is 4.90 Å². The highest BCUT2D eigenvalue weighted by Gasteiger charge is 2.30. The molecule has 0 unspecified atom stereocenters. The maximum atomic E-state index is 12.5. The van der Waals surface area contributed by atoms with Crippen molar-refractivity contribution in [2.75, 3.05) is 26.9 Å². The fraction of sp³-hybridized carbons (Fsp3) is 0.381. The zero-order valence-corrected chi connectivity index (χ0v) is 18.5. The van der Waals surface area contributed by atoms with Crippen molar-refractivity contribution in [3.63, 3.8) is 0 Å². The third-order valence-corrected chi connectivity index (χ3v) is 6.39. The second kappa shape index (κ2) is 9.44. The molecule has 31 heavy (non-hydrogen) atoms. The van der Waals surface area contributed by atoms with Crippen molar-refractivity contribution in [1.82, 2.24) is 9.29 Å². The van der Waals surface area contributed by atoms with Crippen molar-refractivity contribution in [2.45, 2.75) is 31.7 Å². The molecule has 1 aromatic carbocycles. The summed E-state index contributed by atoms with van der Waals surface area (Å²) in [5, 5.41) is 0. The Labute approximate surface area is 181 Å². The molecule has 9 nitrogen and oxygen atoms in total. The fourth-order valence-corrected chi connectivity index (χ4v) is 4.71. The van der Waals surface area contributed by atoms with Crippen LogP contribution in [0.25, 0.3) is 0 Å². The van der Waals surface area contributed by atoms with Gasteiger partial charge >= 0.3 is 5.97 Å². The standard InChI is InChI=1S/C21H25N3O6S/c1-14-11-17(15(2)24(14)9-6-10-29-3)18(25)13-30-20(26)12-22-21-16-7-4-5-8-19(16)31(27,28)23-21/h4-5,7-8,11H,6,9-10,12-13H2,1-3H3,(H,22,23). The Kier molecular flexibility index (Phi) is 6.91. The number of rotatable bonds is 9. The summed E-state index contributed by atoms with van der Waals surface area (Å²) < 4.78 is 38.6. The number of aryl methyl sites for hydroxylation is 1. The largest absolute Gasteiger partial charge is 0.456 e. The Hall–Kier alpha value is -2.98. The lowest BCUT2D eigenvalue weighted by Gasteiger charge is -2.09. The summed E-state index contributed by atoms with van der Waals surface area (Å²) in [4.78, 5) is 28.7. The van der Waals surface area contributed by atoms with Crippen LogP contribution in [0.15, 0.2) is 40.2 Å². The molecule has 2 heterocycles. The number of nitrogens with zero attached hydrogens (tertiary/aromatic N) is 2. The van der Waals surface area contributed by atoms with E-state index < -0.39 is 29.1 Å². The number of methoxy groups -OCH3 is 1. The van der Waals surface area contributed by atoms with Gasteiger partial charge in [0.1, 0.15) is 12.4 Å². The highest BCUT2D eigenvalue weighted by molar-refractivity contribution is 7.90. The number of carbonyl (C=O) groups excluding carboxylic acids is 2. The first-order chi connectivity index (χ1) is 14.7. The minimum atomic E-state index is -3.68. The van der Waals surface area contributed by atoms with Crippen molar-refractivity contribution in [1.29, 1.82) is 0 Å². The maximum Gasteiger partial charge on any atom is 0.328 e. The number of benzene rings is 1. The molecule has 0 atom stereocenters. The van der Waals surface area contributed by atoms with E-state index in [0.29, 0.717) is 17.7 Å². The summed E-state index contributed by atoms with van der Waals surface area (Å²) >= 11 is 0. The first-order valence-electron chi connectivity index (χ1n) is 9.75. The first-order valence-corrected chi connectivity index (χ1v) is 11.2. The zero-order chi connectivity index (χ0) is 22.6. The molecule has 0 amide bonds. The maximum absolute atomic E-state index is 12.5. The number of aliphatic imine (C=N–C) groups is 1. The summed E-state index contributed by atoms with van der Waals surface area (Å²) in [7, 11) is -2.03. The summed E-state index contributed by atoms with van der Waals surface area (Å²) in [6.07, 6.45) is 0.822. The Morgan fingerprint density at radius 2 is 1.94 bits per heavy atom. The number of hydrogen-bond donors (Lipinski definition) is 1. The molecular formula is C21H25N3O6S. The predicted molar refractivity (Wildman–Crippen MR) is 114 cm³/mol. The predicted octanol–water partition coefficient (Wildman–Crippen LogP) is 1.61. The van der Waals surface area contributed by atoms with Crippen LogP contribution in [0.4, 0.5) is 0 Å². The van der Waals surface area contributed by atoms with Gasteiger partial charge in [-0.3, -0.25) is 19.3 Å². The van der Waals surface area contributed by atoms with Crippen LogP contribution in [0.3, 0.4) is 0 Å². The molecule has 3 rings (SSSR count). The summed E-state index contributed by atoms with van der Waals surface area (Å²) in [6.45, 7) is 4.31. The van der Waals surface area contributed by atoms with Crippen LogP contribution in [0.2, 0.25) is 0 Å². The molecule has 0 bridgehead atoms. The molecule has 1 N–H and O–H groups in total. The van der Waals surface area contributed by atoms with Crippen LogP contribution in [-0.4, -0.2) is 57.4 Å². The summed E-state index contributed by atoms with van der Waals surface area (Å²) in [5.41, 5.74) is 2.66. The van der Waals surface area contributed by atoms with Crippen molar-refractivity contribution in [2.24, 2.45) is 4.99 Å². The van der Waals surface area contributed by atoms with Gasteiger partial charge in [-0.15, -0.1) is 0 Å². The number of hydrogen-bond acceptors (Lipinski definition) is 7. The lowest BCUT2D eigenvalue weighted by atomic mass is 10.1. The van der Waals surface area contributed by atoms with E-state index in [1.807, 2.05) is 18.4 Å². The minimum Gasteiger partial charge on any atom is -0.456 e. The fourth-order valence-electron chi connectivity index (χ4n) is 3.46. The van der Waals surface area contributed by atoms with E-state index >= 15 is 0 Å². The molecule has 1 aliphatic heterocycles. The van der Waals surface area contributed by atoms with Crippen molar-refractivity contribution in [3.05, 3.63) is 52.8 Å². The lowest BCUT2D eigenvalue weighted by molar-refractivity contribution is -0.140. The molecule has 0 saturated heterocycles. The quantitative estimate of drug-likeness (QED) is 0.355. The van der Waals surface area contributed by atoms with Crippen molar-refractivity contribution in [3.8, 4) is 0 Å². The molecule has 1 aliphatic rings. The van der Waals surface area contributed by atoms with Crippen LogP contribution in [0.1, 0.15) is 33.7 Å². The number of carbonyl (C=O) groups is 2. The molecule has 1 aromatic heterocycles. The third-order valence-electron chi connectivity index (χ3n) is 5.00. The minimum absolute atomic E-state index is 0.0819. The van der Waals surface area contributed by atoms with E-state index in [4.69, 9.17) is 9.47 Å². The number of esters is 1. The van der Waals surface area contributed by atoms with Gasteiger partial charge < -0.3 is 14.0 Å². The zero-order valence-electron chi connectivity index (χ0n) is 17.7. The van der Waals surface area contributed by atoms with Crippen LogP contribution in [-0.2, 0) is 30.8 Å². The molecule has 10 heteroatoms. The van der Waals surface area contributed by atoms with Crippen molar-refractivity contribution >= 4 is 27.6 Å². The Bertz CT molecular complexity index is 1130. The second-order valence-electron chi connectivity index (χ2n) is 7.13. The van der Waals surface area contributed by atoms with Gasteiger partial charge in [0, 0.05) is 42.8 Å². The van der Waals surface area contributed by atoms with Gasteiger partial charge in [-0.25, -0.2) is 8.42 Å². The molecule has 0 fully saturated rings. The topological polar surface area (TPSA) is 116 Å². The highest BCUT2D eigenvalue weighted by Crippen LogP contribution is 2.22. The smallest absolute Gasteiger partial charge is 0.328 e. The van der Waals surface area contributed by atoms with Crippen LogP contribution in [0.5, 0.6) is 0 Å².